The van der Waals surface area contributed by atoms with Crippen molar-refractivity contribution in [3.05, 3.63) is 11.3 Å². The summed E-state index contributed by atoms with van der Waals surface area (Å²) in [5, 5.41) is 0. The Balaban J connectivity index is 2.01. The second kappa shape index (κ2) is 5.73. The van der Waals surface area contributed by atoms with Crippen molar-refractivity contribution in [2.75, 3.05) is 7.11 Å². The van der Waals surface area contributed by atoms with E-state index in [1.807, 2.05) is 20.8 Å². The van der Waals surface area contributed by atoms with Crippen LogP contribution in [0.5, 0.6) is 0 Å². The topological polar surface area (TPSA) is 43.4 Å². The highest BCUT2D eigenvalue weighted by atomic mass is 16.5. The van der Waals surface area contributed by atoms with Gasteiger partial charge in [-0.05, 0) is 87.4 Å². The van der Waals surface area contributed by atoms with Crippen molar-refractivity contribution in [2.45, 2.75) is 80.6 Å². The Labute approximate surface area is 170 Å². The van der Waals surface area contributed by atoms with E-state index in [1.54, 1.807) is 7.11 Å². The Morgan fingerprint density at radius 3 is 2.14 bits per heavy atom. The summed E-state index contributed by atoms with van der Waals surface area (Å²) in [6.45, 7) is 15.0. The van der Waals surface area contributed by atoms with Crippen molar-refractivity contribution in [1.82, 2.24) is 0 Å². The molecule has 156 valence electrons. The second-order valence-corrected chi connectivity index (χ2v) is 11.6. The van der Waals surface area contributed by atoms with Gasteiger partial charge in [-0.15, -0.1) is 0 Å². The number of allylic oxidation sites excluding steroid dienone is 2. The van der Waals surface area contributed by atoms with Crippen LogP contribution in [0.15, 0.2) is 11.3 Å². The van der Waals surface area contributed by atoms with Crippen LogP contribution in [0.4, 0.5) is 0 Å². The fraction of sp³-hybridized carbons (Fsp3) is 0.840. The molecule has 0 radical (unpaired) electrons. The van der Waals surface area contributed by atoms with Crippen LogP contribution in [0, 0.1) is 45.3 Å². The lowest BCUT2D eigenvalue weighted by atomic mass is 9.33. The number of methoxy groups -OCH3 is 1. The molecule has 3 nitrogen and oxygen atoms in total. The maximum absolute atomic E-state index is 14.4. The number of carbonyl (C=O) groups excluding carboxylic acids is 2. The van der Waals surface area contributed by atoms with Crippen LogP contribution in [-0.2, 0) is 14.3 Å². The molecule has 0 saturated heterocycles. The molecule has 3 heteroatoms. The highest BCUT2D eigenvalue weighted by Gasteiger charge is 2.78. The summed E-state index contributed by atoms with van der Waals surface area (Å²) in [6, 6.07) is 0. The van der Waals surface area contributed by atoms with Gasteiger partial charge in [0.15, 0.2) is 11.6 Å². The lowest BCUT2D eigenvalue weighted by Crippen LogP contribution is -2.69. The third kappa shape index (κ3) is 1.92. The summed E-state index contributed by atoms with van der Waals surface area (Å²) in [7, 11) is 1.60. The molecule has 0 aliphatic heterocycles. The Bertz CT molecular complexity index is 769. The van der Waals surface area contributed by atoms with Gasteiger partial charge in [0.1, 0.15) is 11.2 Å². The smallest absolute Gasteiger partial charge is 0.176 e. The van der Waals surface area contributed by atoms with Gasteiger partial charge >= 0.3 is 0 Å². The number of Topliss-reactive ketones (excluding diaryl/α,β-unsaturated/α-hetero) is 2. The van der Waals surface area contributed by atoms with Gasteiger partial charge in [0.25, 0.3) is 0 Å². The van der Waals surface area contributed by atoms with Gasteiger partial charge in [-0.2, -0.15) is 0 Å². The fourth-order valence-electron chi connectivity index (χ4n) is 8.61. The first kappa shape index (κ1) is 20.2. The van der Waals surface area contributed by atoms with Crippen LogP contribution in [-0.4, -0.2) is 18.7 Å². The van der Waals surface area contributed by atoms with Gasteiger partial charge in [-0.25, -0.2) is 0 Å². The molecule has 0 amide bonds. The number of ketones is 2. The number of ether oxygens (including phenoxy) is 1. The van der Waals surface area contributed by atoms with Crippen molar-refractivity contribution in [1.29, 1.82) is 0 Å². The molecule has 0 aromatic carbocycles. The van der Waals surface area contributed by atoms with Gasteiger partial charge in [0.05, 0.1) is 12.5 Å². The lowest BCUT2D eigenvalue weighted by molar-refractivity contribution is -0.210. The van der Waals surface area contributed by atoms with E-state index in [1.165, 1.54) is 6.42 Å². The van der Waals surface area contributed by atoms with Gasteiger partial charge in [-0.3, -0.25) is 9.59 Å². The van der Waals surface area contributed by atoms with Crippen LogP contribution in [0.3, 0.4) is 0 Å². The normalized spacial score (nSPS) is 43.8. The molecule has 2 spiro atoms. The lowest BCUT2D eigenvalue weighted by Gasteiger charge is -2.69. The predicted molar refractivity (Wildman–Crippen MR) is 111 cm³/mol. The zero-order valence-corrected chi connectivity index (χ0v) is 19.1. The molecule has 5 rings (SSSR count). The van der Waals surface area contributed by atoms with Crippen molar-refractivity contribution < 1.29 is 14.3 Å². The molecule has 0 aromatic heterocycles. The van der Waals surface area contributed by atoms with E-state index < -0.39 is 10.8 Å². The van der Waals surface area contributed by atoms with Crippen LogP contribution in [0.1, 0.15) is 80.6 Å². The molecule has 0 N–H and O–H groups in total. The van der Waals surface area contributed by atoms with E-state index in [9.17, 15) is 9.59 Å². The van der Waals surface area contributed by atoms with Crippen molar-refractivity contribution in [2.24, 2.45) is 45.3 Å². The van der Waals surface area contributed by atoms with Crippen molar-refractivity contribution in [3.8, 4) is 0 Å². The first-order valence-corrected chi connectivity index (χ1v) is 11.3. The quantitative estimate of drug-likeness (QED) is 0.582. The standard InChI is InChI=1S/C25H38O3/c1-14(2)17-10-12-24(11-9-16-13-18(24)22(16,4)5)25(17)19(26)15(3)20(28-8)23(6,7)21(25)27/h14,16-18H,9-13H2,1-8H3. The third-order valence-electron chi connectivity index (χ3n) is 9.86. The molecule has 4 saturated carbocycles. The zero-order chi connectivity index (χ0) is 20.9. The largest absolute Gasteiger partial charge is 0.500 e. The number of rotatable bonds is 2. The molecular weight excluding hydrogens is 348 g/mol. The average molecular weight is 387 g/mol. The minimum absolute atomic E-state index is 0.0889. The highest BCUT2D eigenvalue weighted by molar-refractivity contribution is 6.20. The average Bonchev–Trinajstić information content (AvgIpc) is 2.94. The van der Waals surface area contributed by atoms with Crippen LogP contribution < -0.4 is 0 Å². The van der Waals surface area contributed by atoms with Crippen LogP contribution >= 0.6 is 0 Å². The summed E-state index contributed by atoms with van der Waals surface area (Å²) < 4.78 is 5.65. The number of hydrogen-bond acceptors (Lipinski definition) is 3. The molecule has 2 bridgehead atoms. The third-order valence-corrected chi connectivity index (χ3v) is 9.86. The molecule has 5 aliphatic rings. The molecule has 0 heterocycles. The first-order chi connectivity index (χ1) is 12.9. The Morgan fingerprint density at radius 2 is 1.64 bits per heavy atom. The molecule has 0 aromatic rings. The number of hydrogen-bond donors (Lipinski definition) is 0. The van der Waals surface area contributed by atoms with Crippen LogP contribution in [0.2, 0.25) is 0 Å². The molecule has 5 unspecified atom stereocenters. The van der Waals surface area contributed by atoms with Crippen molar-refractivity contribution in [3.63, 3.8) is 0 Å². The number of fused-ring (bicyclic) bond motifs is 1. The number of carbonyl (C=O) groups is 2. The summed E-state index contributed by atoms with van der Waals surface area (Å²) in [5.41, 5.74) is -0.864. The molecule has 5 atom stereocenters. The summed E-state index contributed by atoms with van der Waals surface area (Å²) in [6.07, 6.45) is 5.42. The predicted octanol–water partition coefficient (Wildman–Crippen LogP) is 5.58. The SMILES string of the molecule is COC1=C(C)C(=O)C2(C(=O)C1(C)C)C(C(C)C)CCC21CCC2CC1C2(C)C. The Kier molecular flexibility index (Phi) is 4.13. The minimum Gasteiger partial charge on any atom is -0.500 e. The molecule has 4 fully saturated rings. The summed E-state index contributed by atoms with van der Waals surface area (Å²) in [5.74, 6) is 2.50. The summed E-state index contributed by atoms with van der Waals surface area (Å²) in [4.78, 5) is 28.6. The maximum Gasteiger partial charge on any atom is 0.176 e. The minimum atomic E-state index is -0.871. The van der Waals surface area contributed by atoms with E-state index in [0.29, 0.717) is 23.2 Å². The van der Waals surface area contributed by atoms with Gasteiger partial charge < -0.3 is 4.74 Å². The van der Waals surface area contributed by atoms with Crippen molar-refractivity contribution >= 4 is 11.6 Å². The van der Waals surface area contributed by atoms with Gasteiger partial charge in [0.2, 0.25) is 0 Å². The monoisotopic (exact) mass is 386 g/mol. The Hall–Kier alpha value is -1.12. The Morgan fingerprint density at radius 1 is 1.04 bits per heavy atom. The molecular formula is C25H38O3. The van der Waals surface area contributed by atoms with Gasteiger partial charge in [-0.1, -0.05) is 27.7 Å². The highest BCUT2D eigenvalue weighted by Crippen LogP contribution is 2.78. The van der Waals surface area contributed by atoms with E-state index in [4.69, 9.17) is 4.74 Å². The molecule has 5 aliphatic carbocycles. The molecule has 28 heavy (non-hydrogen) atoms. The van der Waals surface area contributed by atoms with E-state index >= 15 is 0 Å². The van der Waals surface area contributed by atoms with Gasteiger partial charge in [0, 0.05) is 5.57 Å². The summed E-state index contributed by atoms with van der Waals surface area (Å²) >= 11 is 0. The van der Waals surface area contributed by atoms with E-state index in [2.05, 4.69) is 27.7 Å². The van der Waals surface area contributed by atoms with E-state index in [0.717, 1.165) is 31.6 Å². The zero-order valence-electron chi connectivity index (χ0n) is 19.1. The second-order valence-electron chi connectivity index (χ2n) is 11.6. The van der Waals surface area contributed by atoms with E-state index in [-0.39, 0.29) is 28.3 Å². The first-order valence-electron chi connectivity index (χ1n) is 11.3. The fourth-order valence-corrected chi connectivity index (χ4v) is 8.61. The maximum atomic E-state index is 14.4. The van der Waals surface area contributed by atoms with Crippen LogP contribution in [0.25, 0.3) is 0 Å².